The highest BCUT2D eigenvalue weighted by Crippen LogP contribution is 2.31. The van der Waals surface area contributed by atoms with Crippen molar-refractivity contribution in [1.29, 1.82) is 0 Å². The molecule has 1 aliphatic carbocycles. The molecule has 2 rings (SSSR count). The first-order chi connectivity index (χ1) is 9.49. The van der Waals surface area contributed by atoms with Crippen LogP contribution in [0.5, 0.6) is 0 Å². The van der Waals surface area contributed by atoms with Crippen LogP contribution in [-0.4, -0.2) is 22.0 Å². The SMILES string of the molecule is Cc1cc(NC(=O)C2CCCCC2C(=O)O)cnc1Br. The zero-order chi connectivity index (χ0) is 14.7. The largest absolute Gasteiger partial charge is 0.481 e. The van der Waals surface area contributed by atoms with E-state index in [4.69, 9.17) is 0 Å². The fourth-order valence-corrected chi connectivity index (χ4v) is 2.82. The van der Waals surface area contributed by atoms with E-state index in [1.54, 1.807) is 6.20 Å². The van der Waals surface area contributed by atoms with Crippen LogP contribution in [0.4, 0.5) is 5.69 Å². The molecule has 6 heteroatoms. The lowest BCUT2D eigenvalue weighted by Gasteiger charge is -2.27. The third-order valence-corrected chi connectivity index (χ3v) is 4.53. The number of carboxylic acids is 1. The Balaban J connectivity index is 2.09. The molecule has 1 aromatic rings. The maximum Gasteiger partial charge on any atom is 0.307 e. The molecule has 0 spiro atoms. The zero-order valence-corrected chi connectivity index (χ0v) is 12.8. The molecule has 2 unspecified atom stereocenters. The van der Waals surface area contributed by atoms with Gasteiger partial charge < -0.3 is 10.4 Å². The number of carbonyl (C=O) groups excluding carboxylic acids is 1. The van der Waals surface area contributed by atoms with Crippen LogP contribution < -0.4 is 5.32 Å². The lowest BCUT2D eigenvalue weighted by Crippen LogP contribution is -2.36. The highest BCUT2D eigenvalue weighted by molar-refractivity contribution is 9.10. The van der Waals surface area contributed by atoms with Crippen LogP contribution in [0, 0.1) is 18.8 Å². The number of anilines is 1. The quantitative estimate of drug-likeness (QED) is 0.829. The van der Waals surface area contributed by atoms with E-state index in [-0.39, 0.29) is 5.91 Å². The van der Waals surface area contributed by atoms with Gasteiger partial charge in [0.05, 0.1) is 23.7 Å². The molecule has 1 heterocycles. The fourth-order valence-electron chi connectivity index (χ4n) is 2.60. The number of nitrogens with zero attached hydrogens (tertiary/aromatic N) is 1. The highest BCUT2D eigenvalue weighted by Gasteiger charge is 2.35. The Morgan fingerprint density at radius 3 is 2.60 bits per heavy atom. The van der Waals surface area contributed by atoms with Crippen molar-refractivity contribution in [3.63, 3.8) is 0 Å². The van der Waals surface area contributed by atoms with Crippen LogP contribution in [0.2, 0.25) is 0 Å². The zero-order valence-electron chi connectivity index (χ0n) is 11.2. The predicted octanol–water partition coefficient (Wildman–Crippen LogP) is 2.98. The summed E-state index contributed by atoms with van der Waals surface area (Å²) in [5.74, 6) is -2.13. The van der Waals surface area contributed by atoms with Crippen molar-refractivity contribution in [3.8, 4) is 0 Å². The second-order valence-electron chi connectivity index (χ2n) is 5.16. The number of aliphatic carboxylic acids is 1. The number of rotatable bonds is 3. The number of nitrogens with one attached hydrogen (secondary N) is 1. The lowest BCUT2D eigenvalue weighted by molar-refractivity contribution is -0.147. The van der Waals surface area contributed by atoms with Gasteiger partial charge in [0.15, 0.2) is 0 Å². The van der Waals surface area contributed by atoms with Gasteiger partial charge in [-0.25, -0.2) is 4.98 Å². The first-order valence-electron chi connectivity index (χ1n) is 6.65. The van der Waals surface area contributed by atoms with Gasteiger partial charge in [0.2, 0.25) is 5.91 Å². The van der Waals surface area contributed by atoms with E-state index >= 15 is 0 Å². The molecule has 0 aromatic carbocycles. The number of aromatic nitrogens is 1. The van der Waals surface area contributed by atoms with Crippen molar-refractivity contribution < 1.29 is 14.7 Å². The molecule has 2 atom stereocenters. The van der Waals surface area contributed by atoms with Gasteiger partial charge in [-0.1, -0.05) is 12.8 Å². The Labute approximate surface area is 125 Å². The molecule has 1 amide bonds. The van der Waals surface area contributed by atoms with E-state index < -0.39 is 17.8 Å². The minimum atomic E-state index is -0.880. The smallest absolute Gasteiger partial charge is 0.307 e. The van der Waals surface area contributed by atoms with Gasteiger partial charge in [-0.15, -0.1) is 0 Å². The number of aryl methyl sites for hydroxylation is 1. The van der Waals surface area contributed by atoms with Gasteiger partial charge in [0, 0.05) is 0 Å². The third kappa shape index (κ3) is 3.36. The van der Waals surface area contributed by atoms with E-state index in [9.17, 15) is 14.7 Å². The molecule has 1 aromatic heterocycles. The summed E-state index contributed by atoms with van der Waals surface area (Å²) in [6.07, 6.45) is 4.55. The van der Waals surface area contributed by atoms with Crippen molar-refractivity contribution in [1.82, 2.24) is 4.98 Å². The molecule has 0 saturated heterocycles. The number of carbonyl (C=O) groups is 2. The van der Waals surface area contributed by atoms with E-state index in [0.717, 1.165) is 23.0 Å². The molecule has 20 heavy (non-hydrogen) atoms. The van der Waals surface area contributed by atoms with Gasteiger partial charge >= 0.3 is 5.97 Å². The van der Waals surface area contributed by atoms with Crippen LogP contribution >= 0.6 is 15.9 Å². The Hall–Kier alpha value is -1.43. The second-order valence-corrected chi connectivity index (χ2v) is 5.91. The average molecular weight is 341 g/mol. The molecule has 5 nitrogen and oxygen atoms in total. The van der Waals surface area contributed by atoms with Crippen LogP contribution in [0.1, 0.15) is 31.2 Å². The average Bonchev–Trinajstić information content (AvgIpc) is 2.43. The Bertz CT molecular complexity index is 533. The summed E-state index contributed by atoms with van der Waals surface area (Å²) < 4.78 is 0.733. The number of hydrogen-bond donors (Lipinski definition) is 2. The van der Waals surface area contributed by atoms with Crippen molar-refractivity contribution in [2.45, 2.75) is 32.6 Å². The van der Waals surface area contributed by atoms with E-state index in [2.05, 4.69) is 26.2 Å². The summed E-state index contributed by atoms with van der Waals surface area (Å²) in [7, 11) is 0. The predicted molar refractivity (Wildman–Crippen MR) is 78.4 cm³/mol. The number of hydrogen-bond acceptors (Lipinski definition) is 3. The maximum absolute atomic E-state index is 12.3. The molecule has 0 radical (unpaired) electrons. The van der Waals surface area contributed by atoms with E-state index in [0.29, 0.717) is 18.5 Å². The molecule has 108 valence electrons. The normalized spacial score (nSPS) is 22.3. The summed E-state index contributed by atoms with van der Waals surface area (Å²) >= 11 is 3.30. The lowest BCUT2D eigenvalue weighted by atomic mass is 9.78. The molecule has 2 N–H and O–H groups in total. The van der Waals surface area contributed by atoms with E-state index in [1.165, 1.54) is 0 Å². The van der Waals surface area contributed by atoms with Gasteiger partial charge in [-0.2, -0.15) is 0 Å². The van der Waals surface area contributed by atoms with Gasteiger partial charge in [-0.3, -0.25) is 9.59 Å². The minimum absolute atomic E-state index is 0.222. The topological polar surface area (TPSA) is 79.3 Å². The van der Waals surface area contributed by atoms with Crippen LogP contribution in [-0.2, 0) is 9.59 Å². The van der Waals surface area contributed by atoms with E-state index in [1.807, 2.05) is 13.0 Å². The number of amides is 1. The Morgan fingerprint density at radius 1 is 1.35 bits per heavy atom. The molecule has 0 bridgehead atoms. The van der Waals surface area contributed by atoms with Gasteiger partial charge in [0.25, 0.3) is 0 Å². The maximum atomic E-state index is 12.3. The fraction of sp³-hybridized carbons (Fsp3) is 0.500. The Kier molecular flexibility index (Phi) is 4.75. The number of halogens is 1. The van der Waals surface area contributed by atoms with Gasteiger partial charge in [0.1, 0.15) is 4.60 Å². The van der Waals surface area contributed by atoms with Crippen molar-refractivity contribution in [3.05, 3.63) is 22.4 Å². The summed E-state index contributed by atoms with van der Waals surface area (Å²) in [6.45, 7) is 1.88. The first-order valence-corrected chi connectivity index (χ1v) is 7.44. The summed E-state index contributed by atoms with van der Waals surface area (Å²) in [4.78, 5) is 27.6. The molecular formula is C14H17BrN2O3. The summed E-state index contributed by atoms with van der Waals surface area (Å²) in [5, 5.41) is 12.0. The number of pyridine rings is 1. The molecular weight excluding hydrogens is 324 g/mol. The Morgan fingerprint density at radius 2 is 2.00 bits per heavy atom. The summed E-state index contributed by atoms with van der Waals surface area (Å²) in [5.41, 5.74) is 1.52. The number of carboxylic acid groups (broad SMARTS) is 1. The van der Waals surface area contributed by atoms with Crippen LogP contribution in [0.25, 0.3) is 0 Å². The third-order valence-electron chi connectivity index (χ3n) is 3.70. The molecule has 0 aliphatic heterocycles. The van der Waals surface area contributed by atoms with Crippen molar-refractivity contribution in [2.24, 2.45) is 11.8 Å². The van der Waals surface area contributed by atoms with Crippen LogP contribution in [0.3, 0.4) is 0 Å². The summed E-state index contributed by atoms with van der Waals surface area (Å²) in [6, 6.07) is 1.81. The molecule has 1 fully saturated rings. The first kappa shape index (κ1) is 15.0. The van der Waals surface area contributed by atoms with Crippen molar-refractivity contribution in [2.75, 3.05) is 5.32 Å². The van der Waals surface area contributed by atoms with Crippen LogP contribution in [0.15, 0.2) is 16.9 Å². The second kappa shape index (κ2) is 6.35. The monoisotopic (exact) mass is 340 g/mol. The van der Waals surface area contributed by atoms with Crippen molar-refractivity contribution >= 4 is 33.5 Å². The minimum Gasteiger partial charge on any atom is -0.481 e. The molecule has 1 saturated carbocycles. The standard InChI is InChI=1S/C14H17BrN2O3/c1-8-6-9(7-16-12(8)15)17-13(18)10-4-2-3-5-11(10)14(19)20/h6-7,10-11H,2-5H2,1H3,(H,17,18)(H,19,20). The molecule has 1 aliphatic rings. The highest BCUT2D eigenvalue weighted by atomic mass is 79.9. The van der Waals surface area contributed by atoms with Gasteiger partial charge in [-0.05, 0) is 47.3 Å².